The number of thiophene rings is 1. The number of para-hydroxylation sites is 1. The SMILES string of the molecule is CC1(C)c2ccccc2-c2c(N(c3ccc(-c4cccc(Nc5ccccc5-c5ccccc5)c4)cc3)c3ccc(-c4cccc5c4sc4c6ccccc6ccc54)cc3)cccc21. The first-order valence-electron chi connectivity index (χ1n) is 22.1. The van der Waals surface area contributed by atoms with Crippen molar-refractivity contribution in [2.24, 2.45) is 0 Å². The molecule has 1 aliphatic carbocycles. The van der Waals surface area contributed by atoms with Gasteiger partial charge in [0.05, 0.1) is 5.69 Å². The van der Waals surface area contributed by atoms with Crippen LogP contribution in [0.5, 0.6) is 0 Å². The molecule has 0 saturated carbocycles. The standard InChI is InChI=1S/C61H44N2S/c1-61(2)54-25-10-8-22-53(54)58-55(61)26-14-28-57(58)63(47-36-31-43(32-37-47)50-23-13-24-51-52-38-33-42-17-6-7-21-49(42)60(52)64-59(50)51)46-34-29-40(30-35-46)44-18-12-19-45(39-44)62-56-27-11-9-20-48(56)41-15-4-3-5-16-41/h3-39,62H,1-2H3. The number of hydrogen-bond acceptors (Lipinski definition) is 3. The maximum absolute atomic E-state index is 3.72. The number of hydrogen-bond donors (Lipinski definition) is 1. The van der Waals surface area contributed by atoms with E-state index in [0.29, 0.717) is 0 Å². The molecule has 0 atom stereocenters. The van der Waals surface area contributed by atoms with Crippen LogP contribution in [0.25, 0.3) is 75.5 Å². The lowest BCUT2D eigenvalue weighted by Gasteiger charge is -2.29. The molecule has 0 spiro atoms. The second-order valence-electron chi connectivity index (χ2n) is 17.4. The molecule has 0 fully saturated rings. The predicted octanol–water partition coefficient (Wildman–Crippen LogP) is 17.7. The van der Waals surface area contributed by atoms with Gasteiger partial charge in [0, 0.05) is 59.5 Å². The van der Waals surface area contributed by atoms with Gasteiger partial charge in [-0.3, -0.25) is 0 Å². The van der Waals surface area contributed by atoms with Gasteiger partial charge in [-0.2, -0.15) is 0 Å². The Kier molecular flexibility index (Phi) is 9.06. The summed E-state index contributed by atoms with van der Waals surface area (Å²) >= 11 is 1.91. The molecule has 1 aromatic heterocycles. The van der Waals surface area contributed by atoms with Crippen molar-refractivity contribution in [3.8, 4) is 44.5 Å². The summed E-state index contributed by atoms with van der Waals surface area (Å²) in [6, 6.07) is 82.0. The lowest BCUT2D eigenvalue weighted by Crippen LogP contribution is -2.16. The van der Waals surface area contributed by atoms with E-state index in [1.807, 2.05) is 11.3 Å². The van der Waals surface area contributed by atoms with E-state index in [2.05, 4.69) is 249 Å². The Balaban J connectivity index is 0.940. The lowest BCUT2D eigenvalue weighted by atomic mass is 9.82. The third-order valence-electron chi connectivity index (χ3n) is 13.3. The van der Waals surface area contributed by atoms with Gasteiger partial charge in [-0.25, -0.2) is 0 Å². The van der Waals surface area contributed by atoms with E-state index < -0.39 is 0 Å². The highest BCUT2D eigenvalue weighted by Gasteiger charge is 2.37. The van der Waals surface area contributed by atoms with Crippen LogP contribution in [0, 0.1) is 0 Å². The third kappa shape index (κ3) is 6.31. The van der Waals surface area contributed by atoms with Crippen LogP contribution in [0.1, 0.15) is 25.0 Å². The summed E-state index contributed by atoms with van der Waals surface area (Å²) in [5.41, 5.74) is 17.9. The summed E-state index contributed by atoms with van der Waals surface area (Å²) in [4.78, 5) is 2.45. The maximum atomic E-state index is 3.72. The van der Waals surface area contributed by atoms with Crippen molar-refractivity contribution in [3.63, 3.8) is 0 Å². The topological polar surface area (TPSA) is 15.3 Å². The molecule has 1 aliphatic rings. The van der Waals surface area contributed by atoms with Crippen molar-refractivity contribution in [2.45, 2.75) is 19.3 Å². The molecule has 1 heterocycles. The van der Waals surface area contributed by atoms with Crippen molar-refractivity contribution < 1.29 is 0 Å². The number of rotatable bonds is 8. The summed E-state index contributed by atoms with van der Waals surface area (Å²) in [6.45, 7) is 4.71. The minimum atomic E-state index is -0.115. The summed E-state index contributed by atoms with van der Waals surface area (Å²) in [5.74, 6) is 0. The number of benzene rings is 10. The second kappa shape index (κ2) is 15.3. The molecule has 64 heavy (non-hydrogen) atoms. The summed E-state index contributed by atoms with van der Waals surface area (Å²) in [7, 11) is 0. The first-order chi connectivity index (χ1) is 31.5. The van der Waals surface area contributed by atoms with Crippen LogP contribution in [0.3, 0.4) is 0 Å². The van der Waals surface area contributed by atoms with E-state index in [-0.39, 0.29) is 5.41 Å². The van der Waals surface area contributed by atoms with Crippen LogP contribution in [0.2, 0.25) is 0 Å². The Hall–Kier alpha value is -7.72. The fourth-order valence-electron chi connectivity index (χ4n) is 10.1. The van der Waals surface area contributed by atoms with E-state index >= 15 is 0 Å². The zero-order valence-electron chi connectivity index (χ0n) is 35.7. The number of fused-ring (bicyclic) bond motifs is 8. The molecule has 12 rings (SSSR count). The molecule has 0 unspecified atom stereocenters. The highest BCUT2D eigenvalue weighted by molar-refractivity contribution is 7.27. The van der Waals surface area contributed by atoms with Gasteiger partial charge in [-0.05, 0) is 104 Å². The first kappa shape index (κ1) is 38.0. The van der Waals surface area contributed by atoms with Crippen molar-refractivity contribution >= 4 is 70.7 Å². The molecule has 11 aromatic rings. The number of nitrogens with one attached hydrogen (secondary N) is 1. The molecule has 10 aromatic carbocycles. The number of nitrogens with zero attached hydrogens (tertiary/aromatic N) is 1. The minimum absolute atomic E-state index is 0.115. The van der Waals surface area contributed by atoms with Crippen LogP contribution >= 0.6 is 11.3 Å². The van der Waals surface area contributed by atoms with E-state index in [1.54, 1.807) is 0 Å². The Labute approximate surface area is 378 Å². The highest BCUT2D eigenvalue weighted by Crippen LogP contribution is 2.54. The number of anilines is 5. The van der Waals surface area contributed by atoms with Crippen LogP contribution in [-0.2, 0) is 5.41 Å². The van der Waals surface area contributed by atoms with Crippen LogP contribution in [0.4, 0.5) is 28.4 Å². The highest BCUT2D eigenvalue weighted by atomic mass is 32.1. The van der Waals surface area contributed by atoms with Gasteiger partial charge >= 0.3 is 0 Å². The average Bonchev–Trinajstić information content (AvgIpc) is 3.85. The smallest absolute Gasteiger partial charge is 0.0543 e. The molecular weight excluding hydrogens is 793 g/mol. The van der Waals surface area contributed by atoms with Gasteiger partial charge in [0.15, 0.2) is 0 Å². The van der Waals surface area contributed by atoms with Gasteiger partial charge in [-0.1, -0.05) is 190 Å². The average molecular weight is 837 g/mol. The fraction of sp³-hybridized carbons (Fsp3) is 0.0492. The largest absolute Gasteiger partial charge is 0.355 e. The Morgan fingerprint density at radius 1 is 0.406 bits per heavy atom. The molecule has 1 N–H and O–H groups in total. The normalized spacial score (nSPS) is 12.7. The second-order valence-corrected chi connectivity index (χ2v) is 18.4. The zero-order valence-corrected chi connectivity index (χ0v) is 36.5. The molecule has 0 saturated heterocycles. The summed E-state index contributed by atoms with van der Waals surface area (Å²) < 4.78 is 2.68. The molecule has 0 radical (unpaired) electrons. The van der Waals surface area contributed by atoms with Crippen LogP contribution in [-0.4, -0.2) is 0 Å². The lowest BCUT2D eigenvalue weighted by molar-refractivity contribution is 0.660. The molecule has 0 aliphatic heterocycles. The zero-order chi connectivity index (χ0) is 42.8. The van der Waals surface area contributed by atoms with Crippen LogP contribution in [0.15, 0.2) is 224 Å². The van der Waals surface area contributed by atoms with Crippen molar-refractivity contribution in [1.82, 2.24) is 0 Å². The molecule has 3 heteroatoms. The van der Waals surface area contributed by atoms with Crippen molar-refractivity contribution in [3.05, 3.63) is 236 Å². The van der Waals surface area contributed by atoms with Gasteiger partial charge in [-0.15, -0.1) is 11.3 Å². The Bertz CT molecular complexity index is 3550. The van der Waals surface area contributed by atoms with Gasteiger partial charge in [0.25, 0.3) is 0 Å². The van der Waals surface area contributed by atoms with Crippen molar-refractivity contribution in [2.75, 3.05) is 10.2 Å². The van der Waals surface area contributed by atoms with E-state index in [4.69, 9.17) is 0 Å². The summed E-state index contributed by atoms with van der Waals surface area (Å²) in [5, 5.41) is 8.96. The molecule has 2 nitrogen and oxygen atoms in total. The quantitative estimate of drug-likeness (QED) is 0.164. The maximum Gasteiger partial charge on any atom is 0.0543 e. The van der Waals surface area contributed by atoms with Crippen LogP contribution < -0.4 is 10.2 Å². The molecule has 0 bridgehead atoms. The first-order valence-corrected chi connectivity index (χ1v) is 22.9. The van der Waals surface area contributed by atoms with Gasteiger partial charge < -0.3 is 10.2 Å². The molecular formula is C61H44N2S. The molecule has 0 amide bonds. The van der Waals surface area contributed by atoms with E-state index in [1.165, 1.54) is 81.1 Å². The van der Waals surface area contributed by atoms with Gasteiger partial charge in [0.2, 0.25) is 0 Å². The molecule has 304 valence electrons. The predicted molar refractivity (Wildman–Crippen MR) is 275 cm³/mol. The summed E-state index contributed by atoms with van der Waals surface area (Å²) in [6.07, 6.45) is 0. The third-order valence-corrected chi connectivity index (χ3v) is 14.6. The van der Waals surface area contributed by atoms with Crippen molar-refractivity contribution in [1.29, 1.82) is 0 Å². The van der Waals surface area contributed by atoms with Gasteiger partial charge in [0.1, 0.15) is 0 Å². The Morgan fingerprint density at radius 2 is 1.00 bits per heavy atom. The fourth-order valence-corrected chi connectivity index (χ4v) is 11.5. The van der Waals surface area contributed by atoms with E-state index in [9.17, 15) is 0 Å². The minimum Gasteiger partial charge on any atom is -0.355 e. The van der Waals surface area contributed by atoms with E-state index in [0.717, 1.165) is 33.9 Å². The Morgan fingerprint density at radius 3 is 1.83 bits per heavy atom. The monoisotopic (exact) mass is 836 g/mol.